The van der Waals surface area contributed by atoms with Crippen LogP contribution in [-0.2, 0) is 0 Å². The Morgan fingerprint density at radius 3 is 2.57 bits per heavy atom. The summed E-state index contributed by atoms with van der Waals surface area (Å²) in [6.45, 7) is 1.92. The Hall–Kier alpha value is -1.69. The molecule has 0 amide bonds. The third-order valence-corrected chi connectivity index (χ3v) is 4.21. The lowest BCUT2D eigenvalue weighted by atomic mass is 10.2. The molecule has 2 aromatic rings. The summed E-state index contributed by atoms with van der Waals surface area (Å²) < 4.78 is 14.6. The number of nitrogens with zero attached hydrogens (tertiary/aromatic N) is 2. The van der Waals surface area contributed by atoms with Crippen molar-refractivity contribution in [1.29, 1.82) is 0 Å². The van der Waals surface area contributed by atoms with Crippen LogP contribution < -0.4 is 10.6 Å². The van der Waals surface area contributed by atoms with Gasteiger partial charge >= 0.3 is 0 Å². The molecule has 110 valence electrons. The van der Waals surface area contributed by atoms with E-state index in [0.717, 1.165) is 30.0 Å². The van der Waals surface area contributed by atoms with E-state index in [1.807, 2.05) is 14.0 Å². The fourth-order valence-electron chi connectivity index (χ4n) is 2.16. The molecule has 6 heteroatoms. The molecule has 4 nitrogen and oxygen atoms in total. The highest BCUT2D eigenvalue weighted by Crippen LogP contribution is 2.40. The number of aromatic nitrogens is 2. The van der Waals surface area contributed by atoms with Gasteiger partial charge < -0.3 is 10.6 Å². The lowest BCUT2D eigenvalue weighted by molar-refractivity contribution is 0.631. The molecule has 1 fully saturated rings. The van der Waals surface area contributed by atoms with E-state index in [2.05, 4.69) is 36.5 Å². The van der Waals surface area contributed by atoms with E-state index < -0.39 is 0 Å². The molecule has 1 aliphatic carbocycles. The Morgan fingerprint density at radius 2 is 1.95 bits per heavy atom. The second-order valence-electron chi connectivity index (χ2n) is 5.15. The third kappa shape index (κ3) is 2.85. The van der Waals surface area contributed by atoms with E-state index >= 15 is 0 Å². The van der Waals surface area contributed by atoms with Crippen molar-refractivity contribution in [1.82, 2.24) is 9.97 Å². The van der Waals surface area contributed by atoms with Gasteiger partial charge in [0, 0.05) is 23.0 Å². The molecule has 1 aliphatic rings. The first-order valence-electron chi connectivity index (χ1n) is 6.87. The zero-order valence-electron chi connectivity index (χ0n) is 11.9. The number of nitrogens with one attached hydrogen (secondary N) is 2. The minimum Gasteiger partial charge on any atom is -0.373 e. The number of benzene rings is 1. The van der Waals surface area contributed by atoms with Crippen molar-refractivity contribution >= 4 is 33.3 Å². The van der Waals surface area contributed by atoms with E-state index in [4.69, 9.17) is 0 Å². The van der Waals surface area contributed by atoms with Crippen molar-refractivity contribution in [3.05, 3.63) is 39.9 Å². The van der Waals surface area contributed by atoms with E-state index in [9.17, 15) is 4.39 Å². The molecule has 0 aliphatic heterocycles. The van der Waals surface area contributed by atoms with Gasteiger partial charge in [0.05, 0.1) is 5.69 Å². The Kier molecular flexibility index (Phi) is 3.80. The number of anilines is 3. The van der Waals surface area contributed by atoms with Gasteiger partial charge in [-0.05, 0) is 47.8 Å². The summed E-state index contributed by atoms with van der Waals surface area (Å²) in [5, 5.41) is 6.17. The van der Waals surface area contributed by atoms with Gasteiger partial charge in [-0.2, -0.15) is 0 Å². The maximum atomic E-state index is 14.0. The molecule has 0 atom stereocenters. The lowest BCUT2D eigenvalue weighted by Crippen LogP contribution is -2.07. The first-order chi connectivity index (χ1) is 10.1. The van der Waals surface area contributed by atoms with Gasteiger partial charge in [-0.3, -0.25) is 0 Å². The van der Waals surface area contributed by atoms with Crippen LogP contribution in [0.4, 0.5) is 21.7 Å². The summed E-state index contributed by atoms with van der Waals surface area (Å²) in [6.07, 6.45) is 2.24. The average molecular weight is 351 g/mol. The predicted octanol–water partition coefficient (Wildman–Crippen LogP) is 4.35. The van der Waals surface area contributed by atoms with E-state index in [0.29, 0.717) is 21.9 Å². The van der Waals surface area contributed by atoms with Crippen LogP contribution in [0.1, 0.15) is 30.1 Å². The van der Waals surface area contributed by atoms with Crippen LogP contribution in [0.3, 0.4) is 0 Å². The Bertz CT molecular complexity index is 665. The molecule has 0 bridgehead atoms. The fourth-order valence-corrected chi connectivity index (χ4v) is 2.60. The number of halogens is 2. The molecule has 0 spiro atoms. The smallest absolute Gasteiger partial charge is 0.147 e. The summed E-state index contributed by atoms with van der Waals surface area (Å²) in [5.41, 5.74) is 1.26. The molecule has 1 heterocycles. The van der Waals surface area contributed by atoms with Crippen molar-refractivity contribution in [3.63, 3.8) is 0 Å². The van der Waals surface area contributed by atoms with Crippen LogP contribution in [0.25, 0.3) is 0 Å². The second kappa shape index (κ2) is 5.60. The van der Waals surface area contributed by atoms with E-state index in [-0.39, 0.29) is 5.82 Å². The molecular weight excluding hydrogens is 335 g/mol. The molecule has 0 radical (unpaired) electrons. The van der Waals surface area contributed by atoms with Crippen LogP contribution in [0.5, 0.6) is 0 Å². The number of hydrogen-bond acceptors (Lipinski definition) is 4. The Morgan fingerprint density at radius 1 is 1.24 bits per heavy atom. The van der Waals surface area contributed by atoms with Crippen LogP contribution in [0, 0.1) is 12.7 Å². The van der Waals surface area contributed by atoms with Gasteiger partial charge in [0.1, 0.15) is 23.3 Å². The number of rotatable bonds is 4. The van der Waals surface area contributed by atoms with Crippen molar-refractivity contribution in [2.24, 2.45) is 0 Å². The Labute approximate surface area is 131 Å². The first-order valence-corrected chi connectivity index (χ1v) is 7.66. The highest BCUT2D eigenvalue weighted by Gasteiger charge is 2.28. The largest absolute Gasteiger partial charge is 0.373 e. The zero-order valence-corrected chi connectivity index (χ0v) is 13.5. The third-order valence-electron chi connectivity index (χ3n) is 3.55. The van der Waals surface area contributed by atoms with Crippen molar-refractivity contribution < 1.29 is 4.39 Å². The van der Waals surface area contributed by atoms with Crippen LogP contribution in [-0.4, -0.2) is 17.0 Å². The van der Waals surface area contributed by atoms with Crippen LogP contribution in [0.2, 0.25) is 0 Å². The predicted molar refractivity (Wildman–Crippen MR) is 85.7 cm³/mol. The molecule has 21 heavy (non-hydrogen) atoms. The van der Waals surface area contributed by atoms with Gasteiger partial charge in [-0.15, -0.1) is 0 Å². The van der Waals surface area contributed by atoms with Crippen molar-refractivity contribution in [3.8, 4) is 0 Å². The summed E-state index contributed by atoms with van der Waals surface area (Å²) >= 11 is 3.36. The maximum absolute atomic E-state index is 14.0. The minimum atomic E-state index is -0.318. The van der Waals surface area contributed by atoms with Crippen LogP contribution >= 0.6 is 15.9 Å². The minimum absolute atomic E-state index is 0.318. The van der Waals surface area contributed by atoms with Crippen LogP contribution in [0.15, 0.2) is 22.7 Å². The average Bonchev–Trinajstić information content (AvgIpc) is 3.29. The SMILES string of the molecule is CNc1nc(C2CC2)nc(Nc2c(F)cccc2Br)c1C. The maximum Gasteiger partial charge on any atom is 0.147 e. The summed E-state index contributed by atoms with van der Waals surface area (Å²) in [4.78, 5) is 9.10. The molecule has 3 rings (SSSR count). The summed E-state index contributed by atoms with van der Waals surface area (Å²) in [5.74, 6) is 2.35. The van der Waals surface area contributed by atoms with Gasteiger partial charge in [-0.25, -0.2) is 14.4 Å². The fraction of sp³-hybridized carbons (Fsp3) is 0.333. The summed E-state index contributed by atoms with van der Waals surface area (Å²) in [7, 11) is 1.83. The van der Waals surface area contributed by atoms with Crippen molar-refractivity contribution in [2.45, 2.75) is 25.7 Å². The molecule has 1 aromatic carbocycles. The topological polar surface area (TPSA) is 49.8 Å². The van der Waals surface area contributed by atoms with Gasteiger partial charge in [0.15, 0.2) is 0 Å². The molecule has 0 unspecified atom stereocenters. The summed E-state index contributed by atoms with van der Waals surface area (Å²) in [6, 6.07) is 4.87. The molecule has 0 saturated heterocycles. The van der Waals surface area contributed by atoms with E-state index in [1.54, 1.807) is 12.1 Å². The van der Waals surface area contributed by atoms with Gasteiger partial charge in [0.2, 0.25) is 0 Å². The first kappa shape index (κ1) is 14.3. The lowest BCUT2D eigenvalue weighted by Gasteiger charge is -2.15. The van der Waals surface area contributed by atoms with E-state index in [1.165, 1.54) is 6.07 Å². The second-order valence-corrected chi connectivity index (χ2v) is 6.00. The zero-order chi connectivity index (χ0) is 15.0. The number of para-hydroxylation sites is 1. The standard InChI is InChI=1S/C15H16BrFN4/c1-8-13(18-2)20-15(9-6-7-9)21-14(8)19-12-10(16)4-3-5-11(12)17/h3-5,9H,6-7H2,1-2H3,(H2,18,19,20,21). The molecule has 1 aromatic heterocycles. The molecular formula is C15H16BrFN4. The van der Waals surface area contributed by atoms with Gasteiger partial charge in [-0.1, -0.05) is 6.07 Å². The highest BCUT2D eigenvalue weighted by molar-refractivity contribution is 9.10. The normalized spacial score (nSPS) is 14.1. The number of hydrogen-bond donors (Lipinski definition) is 2. The Balaban J connectivity index is 2.03. The quantitative estimate of drug-likeness (QED) is 0.860. The molecule has 1 saturated carbocycles. The molecule has 2 N–H and O–H groups in total. The van der Waals surface area contributed by atoms with Gasteiger partial charge in [0.25, 0.3) is 0 Å². The monoisotopic (exact) mass is 350 g/mol. The highest BCUT2D eigenvalue weighted by atomic mass is 79.9. The van der Waals surface area contributed by atoms with Crippen molar-refractivity contribution in [2.75, 3.05) is 17.7 Å².